The number of hydrogen-bond acceptors (Lipinski definition) is 4. The summed E-state index contributed by atoms with van der Waals surface area (Å²) in [5.74, 6) is 0.296. The minimum Gasteiger partial charge on any atom is -0.371 e. The summed E-state index contributed by atoms with van der Waals surface area (Å²) in [4.78, 5) is 13.6. The molecular formula is C14H20N2O3S. The largest absolute Gasteiger partial charge is 0.371 e. The van der Waals surface area contributed by atoms with E-state index in [0.29, 0.717) is 38.3 Å². The van der Waals surface area contributed by atoms with Crippen molar-refractivity contribution < 1.29 is 13.2 Å². The van der Waals surface area contributed by atoms with Gasteiger partial charge in [-0.25, -0.2) is 13.1 Å². The van der Waals surface area contributed by atoms with E-state index in [1.165, 1.54) is 0 Å². The van der Waals surface area contributed by atoms with Crippen LogP contribution in [0.5, 0.6) is 0 Å². The van der Waals surface area contributed by atoms with Crippen LogP contribution in [0.3, 0.4) is 0 Å². The van der Waals surface area contributed by atoms with Gasteiger partial charge in [0.05, 0.1) is 4.90 Å². The van der Waals surface area contributed by atoms with Crippen molar-refractivity contribution in [2.75, 3.05) is 24.5 Å². The van der Waals surface area contributed by atoms with Crippen LogP contribution in [-0.4, -0.2) is 33.8 Å². The van der Waals surface area contributed by atoms with Crippen molar-refractivity contribution >= 4 is 21.5 Å². The monoisotopic (exact) mass is 296 g/mol. The first-order valence-corrected chi connectivity index (χ1v) is 8.37. The topological polar surface area (TPSA) is 66.5 Å². The molecule has 0 aliphatic carbocycles. The molecule has 2 rings (SSSR count). The Balaban J connectivity index is 2.08. The zero-order chi connectivity index (χ0) is 14.6. The maximum Gasteiger partial charge on any atom is 0.240 e. The molecular weight excluding hydrogens is 276 g/mol. The number of nitrogens with one attached hydrogen (secondary N) is 1. The van der Waals surface area contributed by atoms with E-state index in [4.69, 9.17) is 0 Å². The van der Waals surface area contributed by atoms with Crippen LogP contribution < -0.4 is 9.62 Å². The molecule has 1 heterocycles. The maximum atomic E-state index is 12.0. The van der Waals surface area contributed by atoms with Crippen molar-refractivity contribution in [2.45, 2.75) is 31.1 Å². The van der Waals surface area contributed by atoms with Crippen LogP contribution in [0.2, 0.25) is 0 Å². The lowest BCUT2D eigenvalue weighted by molar-refractivity contribution is -0.119. The molecule has 1 N–H and O–H groups in total. The minimum atomic E-state index is -3.40. The quantitative estimate of drug-likeness (QED) is 0.895. The Labute approximate surface area is 120 Å². The van der Waals surface area contributed by atoms with Gasteiger partial charge in [0.15, 0.2) is 0 Å². The van der Waals surface area contributed by atoms with Gasteiger partial charge in [-0.05, 0) is 30.7 Å². The molecule has 1 aliphatic rings. The number of hydrogen-bond donors (Lipinski definition) is 1. The van der Waals surface area contributed by atoms with Gasteiger partial charge in [-0.3, -0.25) is 4.79 Å². The van der Waals surface area contributed by atoms with Gasteiger partial charge in [0.25, 0.3) is 0 Å². The molecule has 6 heteroatoms. The van der Waals surface area contributed by atoms with Crippen molar-refractivity contribution in [3.8, 4) is 0 Å². The van der Waals surface area contributed by atoms with Gasteiger partial charge in [-0.2, -0.15) is 0 Å². The van der Waals surface area contributed by atoms with Gasteiger partial charge >= 0.3 is 0 Å². The fraction of sp³-hybridized carbons (Fsp3) is 0.500. The molecule has 0 saturated carbocycles. The highest BCUT2D eigenvalue weighted by molar-refractivity contribution is 7.89. The lowest BCUT2D eigenvalue weighted by atomic mass is 10.1. The number of anilines is 1. The normalized spacial score (nSPS) is 16.4. The number of piperidine rings is 1. The molecule has 1 aromatic rings. The number of sulfonamides is 1. The molecule has 0 unspecified atom stereocenters. The molecule has 0 bridgehead atoms. The standard InChI is InChI=1S/C14H20N2O3S/c1-2-9-15-20(18,19)14-5-3-12(4-6-14)16-10-7-13(17)8-11-16/h3-6,15H,2,7-11H2,1H3. The first-order valence-electron chi connectivity index (χ1n) is 6.89. The predicted octanol–water partition coefficient (Wildman–Crippen LogP) is 1.54. The number of Topliss-reactive ketones (excluding diaryl/α,β-unsaturated/α-hetero) is 1. The van der Waals surface area contributed by atoms with Crippen molar-refractivity contribution in [1.82, 2.24) is 4.72 Å². The second kappa shape index (κ2) is 6.37. The van der Waals surface area contributed by atoms with E-state index in [1.807, 2.05) is 6.92 Å². The van der Waals surface area contributed by atoms with Gasteiger partial charge < -0.3 is 4.90 Å². The summed E-state index contributed by atoms with van der Waals surface area (Å²) in [7, 11) is -3.40. The van der Waals surface area contributed by atoms with Crippen LogP contribution >= 0.6 is 0 Å². The van der Waals surface area contributed by atoms with Crippen LogP contribution in [0.4, 0.5) is 5.69 Å². The Morgan fingerprint density at radius 3 is 2.30 bits per heavy atom. The molecule has 0 radical (unpaired) electrons. The summed E-state index contributed by atoms with van der Waals surface area (Å²) in [6.45, 7) is 3.78. The summed E-state index contributed by atoms with van der Waals surface area (Å²) in [5.41, 5.74) is 0.965. The Kier molecular flexibility index (Phi) is 4.77. The second-order valence-electron chi connectivity index (χ2n) is 4.92. The third-order valence-electron chi connectivity index (χ3n) is 3.38. The van der Waals surface area contributed by atoms with Crippen LogP contribution in [0.15, 0.2) is 29.2 Å². The van der Waals surface area contributed by atoms with Crippen LogP contribution in [0.1, 0.15) is 26.2 Å². The number of ketones is 1. The van der Waals surface area contributed by atoms with E-state index in [1.54, 1.807) is 24.3 Å². The van der Waals surface area contributed by atoms with Crippen molar-refractivity contribution in [1.29, 1.82) is 0 Å². The Morgan fingerprint density at radius 1 is 1.15 bits per heavy atom. The SMILES string of the molecule is CCCNS(=O)(=O)c1ccc(N2CCC(=O)CC2)cc1. The zero-order valence-electron chi connectivity index (χ0n) is 11.6. The van der Waals surface area contributed by atoms with Gasteiger partial charge in [0, 0.05) is 38.2 Å². The number of benzene rings is 1. The highest BCUT2D eigenvalue weighted by Crippen LogP contribution is 2.20. The Morgan fingerprint density at radius 2 is 1.75 bits per heavy atom. The van der Waals surface area contributed by atoms with Crippen LogP contribution in [-0.2, 0) is 14.8 Å². The van der Waals surface area contributed by atoms with Crippen molar-refractivity contribution in [2.24, 2.45) is 0 Å². The average Bonchev–Trinajstić information content (AvgIpc) is 2.46. The molecule has 0 amide bonds. The average molecular weight is 296 g/mol. The molecule has 0 atom stereocenters. The molecule has 0 spiro atoms. The number of carbonyl (C=O) groups excluding carboxylic acids is 1. The summed E-state index contributed by atoms with van der Waals surface area (Å²) < 4.78 is 26.4. The van der Waals surface area contributed by atoms with Crippen molar-refractivity contribution in [3.63, 3.8) is 0 Å². The van der Waals surface area contributed by atoms with Gasteiger partial charge in [-0.1, -0.05) is 6.92 Å². The van der Waals surface area contributed by atoms with E-state index >= 15 is 0 Å². The van der Waals surface area contributed by atoms with Gasteiger partial charge in [0.1, 0.15) is 5.78 Å². The smallest absolute Gasteiger partial charge is 0.240 e. The minimum absolute atomic E-state index is 0.280. The van der Waals surface area contributed by atoms with Crippen LogP contribution in [0.25, 0.3) is 0 Å². The third kappa shape index (κ3) is 3.58. The zero-order valence-corrected chi connectivity index (χ0v) is 12.4. The highest BCUT2D eigenvalue weighted by atomic mass is 32.2. The van der Waals surface area contributed by atoms with Gasteiger partial charge in [-0.15, -0.1) is 0 Å². The lowest BCUT2D eigenvalue weighted by Crippen LogP contribution is -2.33. The fourth-order valence-corrected chi connectivity index (χ4v) is 3.30. The third-order valence-corrected chi connectivity index (χ3v) is 4.85. The second-order valence-corrected chi connectivity index (χ2v) is 6.68. The summed E-state index contributed by atoms with van der Waals surface area (Å²) in [5, 5.41) is 0. The first kappa shape index (κ1) is 15.0. The number of rotatable bonds is 5. The van der Waals surface area contributed by atoms with E-state index < -0.39 is 10.0 Å². The summed E-state index contributed by atoms with van der Waals surface area (Å²) >= 11 is 0. The highest BCUT2D eigenvalue weighted by Gasteiger charge is 2.18. The Hall–Kier alpha value is -1.40. The molecule has 1 aliphatic heterocycles. The number of nitrogens with zero attached hydrogens (tertiary/aromatic N) is 1. The van der Waals surface area contributed by atoms with E-state index in [9.17, 15) is 13.2 Å². The van der Waals surface area contributed by atoms with Crippen LogP contribution in [0, 0.1) is 0 Å². The molecule has 1 saturated heterocycles. The Bertz CT molecular complexity index is 557. The lowest BCUT2D eigenvalue weighted by Gasteiger charge is -2.28. The molecule has 1 aromatic carbocycles. The van der Waals surface area contributed by atoms with E-state index in [-0.39, 0.29) is 4.90 Å². The summed E-state index contributed by atoms with van der Waals surface area (Å²) in [6.07, 6.45) is 1.90. The maximum absolute atomic E-state index is 12.0. The molecule has 0 aromatic heterocycles. The predicted molar refractivity (Wildman–Crippen MR) is 78.4 cm³/mol. The first-order chi connectivity index (χ1) is 9.53. The summed E-state index contributed by atoms with van der Waals surface area (Å²) in [6, 6.07) is 6.83. The van der Waals surface area contributed by atoms with Crippen molar-refractivity contribution in [3.05, 3.63) is 24.3 Å². The van der Waals surface area contributed by atoms with E-state index in [0.717, 1.165) is 12.1 Å². The molecule has 5 nitrogen and oxygen atoms in total. The fourth-order valence-electron chi connectivity index (χ4n) is 2.17. The van der Waals surface area contributed by atoms with Gasteiger partial charge in [0.2, 0.25) is 10.0 Å². The molecule has 1 fully saturated rings. The van der Waals surface area contributed by atoms with E-state index in [2.05, 4.69) is 9.62 Å². The molecule has 110 valence electrons. The number of carbonyl (C=O) groups is 1. The molecule has 20 heavy (non-hydrogen) atoms.